The maximum Gasteiger partial charge on any atom is 0.222 e. The number of imidazole rings is 1. The molecule has 1 saturated carbocycles. The Morgan fingerprint density at radius 3 is 2.58 bits per heavy atom. The second-order valence-corrected chi connectivity index (χ2v) is 4.79. The minimum Gasteiger partial charge on any atom is -0.349 e. The number of hydrogen-bond acceptors (Lipinski definition) is 3. The number of hydrogen-bond donors (Lipinski definition) is 2. The summed E-state index contributed by atoms with van der Waals surface area (Å²) in [6.45, 7) is 1.22. The van der Waals surface area contributed by atoms with Gasteiger partial charge in [-0.05, 0) is 12.8 Å². The second kappa shape index (κ2) is 8.40. The summed E-state index contributed by atoms with van der Waals surface area (Å²) in [5, 5.41) is 3.11. The zero-order valence-electron chi connectivity index (χ0n) is 10.9. The first-order chi connectivity index (χ1) is 8.24. The van der Waals surface area contributed by atoms with Gasteiger partial charge in [-0.3, -0.25) is 4.79 Å². The maximum atomic E-state index is 11.9. The number of carbonyl (C=O) groups excluding carboxylic acids is 1. The Morgan fingerprint density at radius 1 is 1.37 bits per heavy atom. The highest BCUT2D eigenvalue weighted by atomic mass is 35.5. The number of rotatable bonds is 5. The molecule has 0 unspecified atom stereocenters. The molecule has 0 bridgehead atoms. The quantitative estimate of drug-likeness (QED) is 0.866. The lowest BCUT2D eigenvalue weighted by atomic mass is 9.97. The SMILES string of the molecule is Cl.Cl.NCC1(NC(=O)CCn2ccnc2)CCCC1. The third kappa shape index (κ3) is 5.01. The van der Waals surface area contributed by atoms with Crippen molar-refractivity contribution in [2.24, 2.45) is 5.73 Å². The fourth-order valence-corrected chi connectivity index (χ4v) is 2.44. The van der Waals surface area contributed by atoms with Crippen LogP contribution in [-0.2, 0) is 11.3 Å². The molecule has 0 atom stereocenters. The number of aromatic nitrogens is 2. The largest absolute Gasteiger partial charge is 0.349 e. The molecule has 3 N–H and O–H groups in total. The molecule has 0 radical (unpaired) electrons. The number of nitrogens with zero attached hydrogens (tertiary/aromatic N) is 2. The summed E-state index contributed by atoms with van der Waals surface area (Å²) in [6, 6.07) is 0. The average molecular weight is 309 g/mol. The van der Waals surface area contributed by atoms with Gasteiger partial charge in [-0.25, -0.2) is 4.98 Å². The number of nitrogens with one attached hydrogen (secondary N) is 1. The summed E-state index contributed by atoms with van der Waals surface area (Å²) in [7, 11) is 0. The van der Waals surface area contributed by atoms with Crippen LogP contribution in [0.25, 0.3) is 0 Å². The zero-order valence-corrected chi connectivity index (χ0v) is 12.5. The third-order valence-electron chi connectivity index (χ3n) is 3.51. The lowest BCUT2D eigenvalue weighted by molar-refractivity contribution is -0.123. The van der Waals surface area contributed by atoms with E-state index in [1.165, 1.54) is 12.8 Å². The standard InChI is InChI=1S/C12H20N4O.2ClH/c13-9-12(4-1-2-5-12)15-11(17)3-7-16-8-6-14-10-16;;/h6,8,10H,1-5,7,9,13H2,(H,15,17);2*1H. The molecule has 1 aliphatic rings. The lowest BCUT2D eigenvalue weighted by Crippen LogP contribution is -2.51. The van der Waals surface area contributed by atoms with Gasteiger partial charge in [0.05, 0.1) is 11.9 Å². The van der Waals surface area contributed by atoms with E-state index in [1.807, 2.05) is 10.8 Å². The molecule has 0 aromatic carbocycles. The first-order valence-electron chi connectivity index (χ1n) is 6.21. The molecular formula is C12H22Cl2N4O. The highest BCUT2D eigenvalue weighted by Crippen LogP contribution is 2.28. The Morgan fingerprint density at radius 2 is 2.05 bits per heavy atom. The predicted octanol–water partition coefficient (Wildman–Crippen LogP) is 1.50. The summed E-state index contributed by atoms with van der Waals surface area (Å²) in [4.78, 5) is 15.8. The van der Waals surface area contributed by atoms with Gasteiger partial charge >= 0.3 is 0 Å². The highest BCUT2D eigenvalue weighted by molar-refractivity contribution is 5.85. The summed E-state index contributed by atoms with van der Waals surface area (Å²) in [5.74, 6) is 0.0889. The fourth-order valence-electron chi connectivity index (χ4n) is 2.44. The van der Waals surface area contributed by atoms with E-state index in [0.29, 0.717) is 19.5 Å². The van der Waals surface area contributed by atoms with Gasteiger partial charge in [0, 0.05) is 31.9 Å². The third-order valence-corrected chi connectivity index (χ3v) is 3.51. The Bertz CT molecular complexity index is 364. The van der Waals surface area contributed by atoms with E-state index >= 15 is 0 Å². The first kappa shape index (κ1) is 18.2. The second-order valence-electron chi connectivity index (χ2n) is 4.79. The van der Waals surface area contributed by atoms with Crippen LogP contribution in [0.5, 0.6) is 0 Å². The first-order valence-corrected chi connectivity index (χ1v) is 6.21. The van der Waals surface area contributed by atoms with Gasteiger partial charge in [0.15, 0.2) is 0 Å². The van der Waals surface area contributed by atoms with Crippen LogP contribution in [0, 0.1) is 0 Å². The van der Waals surface area contributed by atoms with Crippen LogP contribution in [0.2, 0.25) is 0 Å². The van der Waals surface area contributed by atoms with Gasteiger partial charge in [0.25, 0.3) is 0 Å². The van der Waals surface area contributed by atoms with E-state index < -0.39 is 0 Å². The fraction of sp³-hybridized carbons (Fsp3) is 0.667. The molecule has 2 rings (SSSR count). The van der Waals surface area contributed by atoms with Crippen molar-refractivity contribution in [2.45, 2.75) is 44.2 Å². The molecule has 7 heteroatoms. The van der Waals surface area contributed by atoms with E-state index in [4.69, 9.17) is 5.73 Å². The van der Waals surface area contributed by atoms with Crippen molar-refractivity contribution >= 4 is 30.7 Å². The molecule has 1 amide bonds. The number of nitrogens with two attached hydrogens (primary N) is 1. The Hall–Kier alpha value is -0.780. The van der Waals surface area contributed by atoms with Crippen LogP contribution < -0.4 is 11.1 Å². The summed E-state index contributed by atoms with van der Waals surface area (Å²) >= 11 is 0. The molecule has 1 aliphatic carbocycles. The van der Waals surface area contributed by atoms with Gasteiger partial charge in [0.1, 0.15) is 0 Å². The van der Waals surface area contributed by atoms with E-state index in [0.717, 1.165) is 12.8 Å². The van der Waals surface area contributed by atoms with Crippen LogP contribution >= 0.6 is 24.8 Å². The van der Waals surface area contributed by atoms with E-state index in [9.17, 15) is 4.79 Å². The molecule has 19 heavy (non-hydrogen) atoms. The Balaban J connectivity index is 0.00000162. The zero-order chi connectivity index (χ0) is 12.1. The van der Waals surface area contributed by atoms with Crippen LogP contribution in [0.1, 0.15) is 32.1 Å². The smallest absolute Gasteiger partial charge is 0.222 e. The molecule has 110 valence electrons. The van der Waals surface area contributed by atoms with Crippen molar-refractivity contribution in [1.82, 2.24) is 14.9 Å². The number of halogens is 2. The molecule has 0 aliphatic heterocycles. The van der Waals surface area contributed by atoms with Gasteiger partial charge in [-0.2, -0.15) is 0 Å². The highest BCUT2D eigenvalue weighted by Gasteiger charge is 2.33. The van der Waals surface area contributed by atoms with Gasteiger partial charge < -0.3 is 15.6 Å². The van der Waals surface area contributed by atoms with Crippen molar-refractivity contribution < 1.29 is 4.79 Å². The van der Waals surface area contributed by atoms with Crippen molar-refractivity contribution in [1.29, 1.82) is 0 Å². The minimum atomic E-state index is -0.133. The van der Waals surface area contributed by atoms with Gasteiger partial charge in [-0.1, -0.05) is 12.8 Å². The normalized spacial score (nSPS) is 16.3. The van der Waals surface area contributed by atoms with E-state index in [1.54, 1.807) is 12.5 Å². The average Bonchev–Trinajstić information content (AvgIpc) is 2.98. The summed E-state index contributed by atoms with van der Waals surface area (Å²) in [5.41, 5.74) is 5.64. The molecule has 1 heterocycles. The van der Waals surface area contributed by atoms with Crippen molar-refractivity contribution in [3.8, 4) is 0 Å². The lowest BCUT2D eigenvalue weighted by Gasteiger charge is -2.28. The number of aryl methyl sites for hydroxylation is 1. The monoisotopic (exact) mass is 308 g/mol. The Kier molecular flexibility index (Phi) is 8.06. The van der Waals surface area contributed by atoms with Crippen LogP contribution in [0.4, 0.5) is 0 Å². The van der Waals surface area contributed by atoms with Crippen LogP contribution in [0.15, 0.2) is 18.7 Å². The van der Waals surface area contributed by atoms with E-state index in [-0.39, 0.29) is 36.3 Å². The summed E-state index contributed by atoms with van der Waals surface area (Å²) in [6.07, 6.45) is 10.1. The Labute approximate surface area is 126 Å². The summed E-state index contributed by atoms with van der Waals surface area (Å²) < 4.78 is 1.91. The van der Waals surface area contributed by atoms with Crippen molar-refractivity contribution in [2.75, 3.05) is 6.54 Å². The van der Waals surface area contributed by atoms with Crippen molar-refractivity contribution in [3.63, 3.8) is 0 Å². The number of carbonyl (C=O) groups is 1. The molecule has 1 aromatic rings. The van der Waals surface area contributed by atoms with Crippen LogP contribution in [-0.4, -0.2) is 27.5 Å². The molecule has 5 nitrogen and oxygen atoms in total. The molecule has 0 spiro atoms. The molecule has 1 fully saturated rings. The van der Waals surface area contributed by atoms with Crippen LogP contribution in [0.3, 0.4) is 0 Å². The number of amides is 1. The molecule has 0 saturated heterocycles. The predicted molar refractivity (Wildman–Crippen MR) is 79.7 cm³/mol. The minimum absolute atomic E-state index is 0. The van der Waals surface area contributed by atoms with Gasteiger partial charge in [0.2, 0.25) is 5.91 Å². The molecule has 1 aromatic heterocycles. The maximum absolute atomic E-state index is 11.9. The van der Waals surface area contributed by atoms with Crippen molar-refractivity contribution in [3.05, 3.63) is 18.7 Å². The van der Waals surface area contributed by atoms with E-state index in [2.05, 4.69) is 10.3 Å². The van der Waals surface area contributed by atoms with Gasteiger partial charge in [-0.15, -0.1) is 24.8 Å². The molecular weight excluding hydrogens is 287 g/mol. The topological polar surface area (TPSA) is 72.9 Å².